The van der Waals surface area contributed by atoms with Crippen LogP contribution in [0.2, 0.25) is 0 Å². The van der Waals surface area contributed by atoms with Gasteiger partial charge in [-0.2, -0.15) is 0 Å². The lowest BCUT2D eigenvalue weighted by Gasteiger charge is -2.33. The Morgan fingerprint density at radius 3 is 2.27 bits per heavy atom. The van der Waals surface area contributed by atoms with Crippen molar-refractivity contribution in [3.05, 3.63) is 95.8 Å². The van der Waals surface area contributed by atoms with Crippen molar-refractivity contribution < 1.29 is 22.4 Å². The SMILES string of the molecule is Cc1cccc(N(CC(=O)N(Cc2ccc(F)cc2)C(C)C(=O)NC2CCCCC2)S(=O)(=O)c2ccccc2)c1. The number of hydrogen-bond acceptors (Lipinski definition) is 4. The van der Waals surface area contributed by atoms with Crippen molar-refractivity contribution in [1.29, 1.82) is 0 Å². The molecule has 212 valence electrons. The summed E-state index contributed by atoms with van der Waals surface area (Å²) in [6.07, 6.45) is 5.00. The number of nitrogens with one attached hydrogen (secondary N) is 1. The Balaban J connectivity index is 1.66. The molecule has 4 rings (SSSR count). The number of halogens is 1. The van der Waals surface area contributed by atoms with Crippen LogP contribution in [0.3, 0.4) is 0 Å². The highest BCUT2D eigenvalue weighted by atomic mass is 32.2. The van der Waals surface area contributed by atoms with Crippen LogP contribution in [0.5, 0.6) is 0 Å². The van der Waals surface area contributed by atoms with Crippen molar-refractivity contribution in [1.82, 2.24) is 10.2 Å². The van der Waals surface area contributed by atoms with Gasteiger partial charge in [0.25, 0.3) is 10.0 Å². The van der Waals surface area contributed by atoms with E-state index >= 15 is 0 Å². The molecule has 40 heavy (non-hydrogen) atoms. The lowest BCUT2D eigenvalue weighted by molar-refractivity contribution is -0.139. The Hall–Kier alpha value is -3.72. The second kappa shape index (κ2) is 13.1. The van der Waals surface area contributed by atoms with Crippen molar-refractivity contribution in [2.45, 2.75) is 69.5 Å². The van der Waals surface area contributed by atoms with Gasteiger partial charge in [-0.05, 0) is 74.2 Å². The van der Waals surface area contributed by atoms with E-state index < -0.39 is 34.3 Å². The Morgan fingerprint density at radius 2 is 1.62 bits per heavy atom. The number of benzene rings is 3. The first-order chi connectivity index (χ1) is 19.1. The summed E-state index contributed by atoms with van der Waals surface area (Å²) in [7, 11) is -4.11. The van der Waals surface area contributed by atoms with E-state index in [1.165, 1.54) is 29.2 Å². The first-order valence-corrected chi connectivity index (χ1v) is 15.1. The van der Waals surface area contributed by atoms with Gasteiger partial charge in [-0.3, -0.25) is 13.9 Å². The molecule has 0 heterocycles. The van der Waals surface area contributed by atoms with Crippen molar-refractivity contribution >= 4 is 27.5 Å². The lowest BCUT2D eigenvalue weighted by atomic mass is 9.95. The van der Waals surface area contributed by atoms with E-state index in [1.807, 2.05) is 13.0 Å². The molecule has 3 aromatic carbocycles. The smallest absolute Gasteiger partial charge is 0.264 e. The molecule has 1 aliphatic rings. The number of carbonyl (C=O) groups is 2. The maximum atomic E-state index is 14.0. The number of sulfonamides is 1. The zero-order valence-electron chi connectivity index (χ0n) is 22.9. The number of hydrogen-bond donors (Lipinski definition) is 1. The number of anilines is 1. The predicted octanol–water partition coefficient (Wildman–Crippen LogP) is 5.20. The fourth-order valence-electron chi connectivity index (χ4n) is 4.97. The van der Waals surface area contributed by atoms with Gasteiger partial charge >= 0.3 is 0 Å². The molecule has 0 bridgehead atoms. The minimum atomic E-state index is -4.11. The standard InChI is InChI=1S/C31H36FN3O4S/c1-23-10-9-13-28(20-23)35(40(38,39)29-14-7-4-8-15-29)22-30(36)34(21-25-16-18-26(32)19-17-25)24(2)31(37)33-27-11-5-3-6-12-27/h4,7-10,13-20,24,27H,3,5-6,11-12,21-22H2,1-2H3,(H,33,37). The van der Waals surface area contributed by atoms with Crippen molar-refractivity contribution in [3.63, 3.8) is 0 Å². The third kappa shape index (κ3) is 7.27. The summed E-state index contributed by atoms with van der Waals surface area (Å²) in [6, 6.07) is 19.7. The molecular formula is C31H36FN3O4S. The van der Waals surface area contributed by atoms with Crippen LogP contribution < -0.4 is 9.62 Å². The van der Waals surface area contributed by atoms with Crippen molar-refractivity contribution in [3.8, 4) is 0 Å². The molecule has 3 aromatic rings. The van der Waals surface area contributed by atoms with Gasteiger partial charge in [-0.25, -0.2) is 12.8 Å². The Morgan fingerprint density at radius 1 is 0.950 bits per heavy atom. The molecule has 2 amide bonds. The maximum absolute atomic E-state index is 14.0. The van der Waals surface area contributed by atoms with Crippen LogP contribution in [0.25, 0.3) is 0 Å². The van der Waals surface area contributed by atoms with E-state index in [9.17, 15) is 22.4 Å². The molecule has 1 unspecified atom stereocenters. The molecule has 0 aromatic heterocycles. The van der Waals surface area contributed by atoms with Gasteiger partial charge in [-0.15, -0.1) is 0 Å². The number of nitrogens with zero attached hydrogens (tertiary/aromatic N) is 2. The molecule has 0 saturated heterocycles. The third-order valence-corrected chi connectivity index (χ3v) is 9.07. The highest BCUT2D eigenvalue weighted by Crippen LogP contribution is 2.25. The molecule has 1 saturated carbocycles. The molecule has 7 nitrogen and oxygen atoms in total. The van der Waals surface area contributed by atoms with Crippen LogP contribution in [0.1, 0.15) is 50.2 Å². The lowest BCUT2D eigenvalue weighted by Crippen LogP contribution is -2.53. The van der Waals surface area contributed by atoms with E-state index in [-0.39, 0.29) is 23.4 Å². The first kappa shape index (κ1) is 29.3. The first-order valence-electron chi connectivity index (χ1n) is 13.6. The van der Waals surface area contributed by atoms with Gasteiger partial charge in [0.05, 0.1) is 10.6 Å². The van der Waals surface area contributed by atoms with Crippen LogP contribution in [0.15, 0.2) is 83.8 Å². The number of amides is 2. The Kier molecular flexibility index (Phi) is 9.58. The summed E-state index contributed by atoms with van der Waals surface area (Å²) in [5.74, 6) is -1.25. The fourth-order valence-corrected chi connectivity index (χ4v) is 6.40. The Labute approximate surface area is 236 Å². The molecular weight excluding hydrogens is 529 g/mol. The second-order valence-corrected chi connectivity index (χ2v) is 12.2. The quantitative estimate of drug-likeness (QED) is 0.366. The zero-order valence-corrected chi connectivity index (χ0v) is 23.7. The third-order valence-electron chi connectivity index (χ3n) is 7.28. The average molecular weight is 566 g/mol. The highest BCUT2D eigenvalue weighted by Gasteiger charge is 2.33. The van der Waals surface area contributed by atoms with Gasteiger partial charge in [0, 0.05) is 12.6 Å². The molecule has 9 heteroatoms. The van der Waals surface area contributed by atoms with Crippen LogP contribution in [-0.4, -0.2) is 43.8 Å². The highest BCUT2D eigenvalue weighted by molar-refractivity contribution is 7.92. The van der Waals surface area contributed by atoms with Gasteiger partial charge in [0.15, 0.2) is 0 Å². The Bertz CT molecular complexity index is 1410. The minimum Gasteiger partial charge on any atom is -0.352 e. The van der Waals surface area contributed by atoms with Gasteiger partial charge in [0.2, 0.25) is 11.8 Å². The van der Waals surface area contributed by atoms with E-state index in [0.29, 0.717) is 11.3 Å². The summed E-state index contributed by atoms with van der Waals surface area (Å²) in [4.78, 5) is 28.7. The molecule has 1 fully saturated rings. The minimum absolute atomic E-state index is 0.0193. The van der Waals surface area contributed by atoms with Gasteiger partial charge in [0.1, 0.15) is 18.4 Å². The van der Waals surface area contributed by atoms with E-state index in [1.54, 1.807) is 55.5 Å². The van der Waals surface area contributed by atoms with Gasteiger partial charge < -0.3 is 10.2 Å². The molecule has 1 aliphatic carbocycles. The van der Waals surface area contributed by atoms with Crippen LogP contribution in [0.4, 0.5) is 10.1 Å². The number of rotatable bonds is 10. The van der Waals surface area contributed by atoms with Gasteiger partial charge in [-0.1, -0.05) is 61.7 Å². The largest absolute Gasteiger partial charge is 0.352 e. The maximum Gasteiger partial charge on any atom is 0.264 e. The average Bonchev–Trinajstić information content (AvgIpc) is 2.96. The molecule has 1 atom stereocenters. The van der Waals surface area contributed by atoms with Crippen LogP contribution in [0, 0.1) is 12.7 Å². The molecule has 0 spiro atoms. The van der Waals surface area contributed by atoms with Crippen molar-refractivity contribution in [2.24, 2.45) is 0 Å². The molecule has 0 aliphatic heterocycles. The van der Waals surface area contributed by atoms with E-state index in [4.69, 9.17) is 0 Å². The topological polar surface area (TPSA) is 86.8 Å². The van der Waals surface area contributed by atoms with Crippen LogP contribution in [-0.2, 0) is 26.2 Å². The number of carbonyl (C=O) groups excluding carboxylic acids is 2. The monoisotopic (exact) mass is 565 g/mol. The summed E-state index contributed by atoms with van der Waals surface area (Å²) in [6.45, 7) is 2.99. The normalized spacial score (nSPS) is 14.8. The number of aryl methyl sites for hydroxylation is 1. The summed E-state index contributed by atoms with van der Waals surface area (Å²) >= 11 is 0. The zero-order chi connectivity index (χ0) is 28.7. The predicted molar refractivity (Wildman–Crippen MR) is 154 cm³/mol. The van der Waals surface area contributed by atoms with Crippen molar-refractivity contribution in [2.75, 3.05) is 10.8 Å². The van der Waals surface area contributed by atoms with E-state index in [0.717, 1.165) is 42.0 Å². The summed E-state index contributed by atoms with van der Waals surface area (Å²) in [5, 5.41) is 3.07. The van der Waals surface area contributed by atoms with E-state index in [2.05, 4.69) is 5.32 Å². The molecule has 1 N–H and O–H groups in total. The fraction of sp³-hybridized carbons (Fsp3) is 0.355. The summed E-state index contributed by atoms with van der Waals surface area (Å²) < 4.78 is 42.3. The molecule has 0 radical (unpaired) electrons. The second-order valence-electron chi connectivity index (χ2n) is 10.3. The van der Waals surface area contributed by atoms with Crippen LogP contribution >= 0.6 is 0 Å². The summed E-state index contributed by atoms with van der Waals surface area (Å²) in [5.41, 5.74) is 1.81.